The number of amides is 1. The summed E-state index contributed by atoms with van der Waals surface area (Å²) in [4.78, 5) is 23.1. The Kier molecular flexibility index (Phi) is 9.70. The van der Waals surface area contributed by atoms with E-state index in [1.165, 1.54) is 27.8 Å². The van der Waals surface area contributed by atoms with Crippen LogP contribution in [0.2, 0.25) is 0 Å². The van der Waals surface area contributed by atoms with Gasteiger partial charge in [0.15, 0.2) is 5.13 Å². The third kappa shape index (κ3) is 6.90. The van der Waals surface area contributed by atoms with Crippen LogP contribution in [0.1, 0.15) is 40.4 Å². The van der Waals surface area contributed by atoms with Gasteiger partial charge in [-0.05, 0) is 67.3 Å². The van der Waals surface area contributed by atoms with Gasteiger partial charge in [-0.15, -0.1) is 0 Å². The Morgan fingerprint density at radius 2 is 1.74 bits per heavy atom. The number of carbonyl (C=O) groups is 1. The highest BCUT2D eigenvalue weighted by molar-refractivity contribution is 7.89. The van der Waals surface area contributed by atoms with Crippen molar-refractivity contribution < 1.29 is 17.9 Å². The zero-order valence-corrected chi connectivity index (χ0v) is 26.1. The summed E-state index contributed by atoms with van der Waals surface area (Å²) in [5.74, 6) is -0.189. The molecule has 0 N–H and O–H groups in total. The van der Waals surface area contributed by atoms with Crippen molar-refractivity contribution in [1.29, 1.82) is 0 Å². The number of aromatic nitrogens is 1. The lowest BCUT2D eigenvalue weighted by Crippen LogP contribution is -2.39. The standard InChI is InChI=1S/C32H38N4O4S2/c1-4-35(23-26-9-6-5-7-10-26)42(38,39)28-13-11-27(12-14-28)31(37)36(16-8-15-34-17-19-40-20-18-34)32-33-30-25(3)21-24(2)22-29(30)41-32/h5-7,9-14,21-22H,4,8,15-20,23H2,1-3H3. The third-order valence-electron chi connectivity index (χ3n) is 7.55. The number of carbonyl (C=O) groups excluding carboxylic acids is 1. The molecule has 222 valence electrons. The number of hydrogen-bond donors (Lipinski definition) is 0. The van der Waals surface area contributed by atoms with Crippen LogP contribution in [0.4, 0.5) is 5.13 Å². The van der Waals surface area contributed by atoms with E-state index in [1.54, 1.807) is 17.0 Å². The zero-order valence-electron chi connectivity index (χ0n) is 24.5. The van der Waals surface area contributed by atoms with Gasteiger partial charge in [0.1, 0.15) is 0 Å². The Balaban J connectivity index is 1.38. The van der Waals surface area contributed by atoms with Gasteiger partial charge in [-0.3, -0.25) is 14.6 Å². The second kappa shape index (κ2) is 13.4. The topological polar surface area (TPSA) is 83.1 Å². The second-order valence-corrected chi connectivity index (χ2v) is 13.6. The molecule has 0 atom stereocenters. The van der Waals surface area contributed by atoms with Crippen molar-refractivity contribution in [1.82, 2.24) is 14.2 Å². The quantitative estimate of drug-likeness (QED) is 0.225. The van der Waals surface area contributed by atoms with Crippen LogP contribution in [0, 0.1) is 13.8 Å². The largest absolute Gasteiger partial charge is 0.379 e. The first-order valence-electron chi connectivity index (χ1n) is 14.4. The first-order valence-corrected chi connectivity index (χ1v) is 16.7. The van der Waals surface area contributed by atoms with Crippen LogP contribution in [-0.4, -0.2) is 74.5 Å². The van der Waals surface area contributed by atoms with Gasteiger partial charge < -0.3 is 4.74 Å². The van der Waals surface area contributed by atoms with Crippen molar-refractivity contribution in [3.63, 3.8) is 0 Å². The Morgan fingerprint density at radius 3 is 2.43 bits per heavy atom. The molecule has 8 nitrogen and oxygen atoms in total. The molecule has 2 heterocycles. The smallest absolute Gasteiger partial charge is 0.260 e. The predicted molar refractivity (Wildman–Crippen MR) is 169 cm³/mol. The summed E-state index contributed by atoms with van der Waals surface area (Å²) in [6.45, 7) is 11.2. The van der Waals surface area contributed by atoms with E-state index >= 15 is 0 Å². The Morgan fingerprint density at radius 1 is 1.02 bits per heavy atom. The van der Waals surface area contributed by atoms with Gasteiger partial charge in [-0.25, -0.2) is 13.4 Å². The van der Waals surface area contributed by atoms with Crippen molar-refractivity contribution in [2.75, 3.05) is 50.8 Å². The second-order valence-electron chi connectivity index (χ2n) is 10.6. The summed E-state index contributed by atoms with van der Waals surface area (Å²) in [5, 5.41) is 0.655. The summed E-state index contributed by atoms with van der Waals surface area (Å²) >= 11 is 1.52. The van der Waals surface area contributed by atoms with Gasteiger partial charge in [-0.2, -0.15) is 4.31 Å². The van der Waals surface area contributed by atoms with Gasteiger partial charge in [0.05, 0.1) is 28.3 Å². The minimum Gasteiger partial charge on any atom is -0.379 e. The first-order chi connectivity index (χ1) is 20.3. The van der Waals surface area contributed by atoms with Gasteiger partial charge in [0, 0.05) is 44.8 Å². The summed E-state index contributed by atoms with van der Waals surface area (Å²) in [6.07, 6.45) is 0.789. The molecular weight excluding hydrogens is 569 g/mol. The predicted octanol–water partition coefficient (Wildman–Crippen LogP) is 5.49. The molecule has 0 saturated carbocycles. The van der Waals surface area contributed by atoms with Crippen molar-refractivity contribution >= 4 is 42.6 Å². The van der Waals surface area contributed by atoms with Crippen LogP contribution in [0.3, 0.4) is 0 Å². The molecule has 4 aromatic rings. The SMILES string of the molecule is CCN(Cc1ccccc1)S(=O)(=O)c1ccc(C(=O)N(CCCN2CCOCC2)c2nc3c(C)cc(C)cc3s2)cc1. The highest BCUT2D eigenvalue weighted by atomic mass is 32.2. The number of rotatable bonds is 11. The van der Waals surface area contributed by atoms with E-state index in [9.17, 15) is 13.2 Å². The molecule has 1 fully saturated rings. The van der Waals surface area contributed by atoms with Crippen LogP contribution < -0.4 is 4.90 Å². The van der Waals surface area contributed by atoms with E-state index in [4.69, 9.17) is 9.72 Å². The highest BCUT2D eigenvalue weighted by Crippen LogP contribution is 2.33. The van der Waals surface area contributed by atoms with Crippen molar-refractivity contribution in [3.05, 3.63) is 89.0 Å². The first kappa shape index (κ1) is 30.3. The Labute approximate surface area is 252 Å². The van der Waals surface area contributed by atoms with Crippen molar-refractivity contribution in [2.45, 2.75) is 38.6 Å². The van der Waals surface area contributed by atoms with Crippen molar-refractivity contribution in [2.24, 2.45) is 0 Å². The van der Waals surface area contributed by atoms with Gasteiger partial charge in [-0.1, -0.05) is 54.7 Å². The molecule has 42 heavy (non-hydrogen) atoms. The number of fused-ring (bicyclic) bond motifs is 1. The number of morpholine rings is 1. The van der Waals surface area contributed by atoms with Crippen LogP contribution in [0.25, 0.3) is 10.2 Å². The summed E-state index contributed by atoms with van der Waals surface area (Å²) in [5.41, 5.74) is 4.50. The van der Waals surface area contributed by atoms with Gasteiger partial charge >= 0.3 is 0 Å². The van der Waals surface area contributed by atoms with E-state index in [1.807, 2.05) is 44.2 Å². The van der Waals surface area contributed by atoms with E-state index in [0.29, 0.717) is 23.8 Å². The minimum absolute atomic E-state index is 0.168. The lowest BCUT2D eigenvalue weighted by molar-refractivity contribution is 0.0376. The minimum atomic E-state index is -3.73. The third-order valence-corrected chi connectivity index (χ3v) is 10.5. The number of aryl methyl sites for hydroxylation is 2. The number of benzene rings is 3. The molecule has 0 unspecified atom stereocenters. The van der Waals surface area contributed by atoms with Crippen LogP contribution in [0.5, 0.6) is 0 Å². The normalized spacial score (nSPS) is 14.5. The van der Waals surface area contributed by atoms with E-state index in [-0.39, 0.29) is 17.3 Å². The lowest BCUT2D eigenvalue weighted by atomic mass is 10.1. The molecular formula is C32H38N4O4S2. The average Bonchev–Trinajstić information content (AvgIpc) is 3.43. The van der Waals surface area contributed by atoms with Crippen LogP contribution in [-0.2, 0) is 21.3 Å². The van der Waals surface area contributed by atoms with Crippen LogP contribution >= 0.6 is 11.3 Å². The fourth-order valence-electron chi connectivity index (χ4n) is 5.26. The fraction of sp³-hybridized carbons (Fsp3) is 0.375. The molecule has 1 aliphatic heterocycles. The molecule has 10 heteroatoms. The number of thiazole rings is 1. The highest BCUT2D eigenvalue weighted by Gasteiger charge is 2.26. The number of nitrogens with zero attached hydrogens (tertiary/aromatic N) is 4. The number of hydrogen-bond acceptors (Lipinski definition) is 7. The maximum Gasteiger partial charge on any atom is 0.260 e. The Hall–Kier alpha value is -3.15. The molecule has 1 aliphatic rings. The van der Waals surface area contributed by atoms with E-state index in [0.717, 1.165) is 66.2 Å². The summed E-state index contributed by atoms with van der Waals surface area (Å²) < 4.78 is 34.9. The molecule has 1 amide bonds. The summed E-state index contributed by atoms with van der Waals surface area (Å²) in [7, 11) is -3.73. The Bertz CT molecular complexity index is 1620. The molecule has 1 saturated heterocycles. The molecule has 3 aromatic carbocycles. The summed E-state index contributed by atoms with van der Waals surface area (Å²) in [6, 6.07) is 20.0. The maximum atomic E-state index is 13.9. The van der Waals surface area contributed by atoms with Crippen molar-refractivity contribution in [3.8, 4) is 0 Å². The molecule has 5 rings (SSSR count). The van der Waals surface area contributed by atoms with Gasteiger partial charge in [0.25, 0.3) is 5.91 Å². The number of sulfonamides is 1. The molecule has 0 aliphatic carbocycles. The monoisotopic (exact) mass is 606 g/mol. The molecule has 1 aromatic heterocycles. The average molecular weight is 607 g/mol. The van der Waals surface area contributed by atoms with E-state index in [2.05, 4.69) is 24.0 Å². The molecule has 0 spiro atoms. The van der Waals surface area contributed by atoms with Crippen LogP contribution in [0.15, 0.2) is 71.6 Å². The van der Waals surface area contributed by atoms with Gasteiger partial charge in [0.2, 0.25) is 10.0 Å². The zero-order chi connectivity index (χ0) is 29.7. The van der Waals surface area contributed by atoms with E-state index < -0.39 is 10.0 Å². The number of anilines is 1. The number of ether oxygens (including phenoxy) is 1. The maximum absolute atomic E-state index is 13.9. The molecule has 0 radical (unpaired) electrons. The lowest BCUT2D eigenvalue weighted by Gasteiger charge is -2.27. The fourth-order valence-corrected chi connectivity index (χ4v) is 7.87. The molecule has 0 bridgehead atoms.